The number of halogens is 2. The van der Waals surface area contributed by atoms with Crippen molar-refractivity contribution in [3.8, 4) is 11.5 Å². The van der Waals surface area contributed by atoms with Crippen molar-refractivity contribution in [2.24, 2.45) is 0 Å². The minimum Gasteiger partial charge on any atom is -0.543 e. The average molecular weight is 728 g/mol. The highest BCUT2D eigenvalue weighted by atomic mass is 28.4. The van der Waals surface area contributed by atoms with Gasteiger partial charge >= 0.3 is 0 Å². The maximum atomic E-state index is 15.5. The van der Waals surface area contributed by atoms with Gasteiger partial charge in [-0.3, -0.25) is 4.79 Å². The second kappa shape index (κ2) is 13.0. The molecule has 51 heavy (non-hydrogen) atoms. The van der Waals surface area contributed by atoms with Crippen molar-refractivity contribution < 1.29 is 22.4 Å². The highest BCUT2D eigenvalue weighted by molar-refractivity contribution is 6.75. The Kier molecular flexibility index (Phi) is 9.83. The Morgan fingerprint density at radius 3 is 1.51 bits per heavy atom. The number of anilines is 1. The molecule has 1 amide bonds. The summed E-state index contributed by atoms with van der Waals surface area (Å²) in [6.45, 7) is 30.5. The number of rotatable bonds is 8. The van der Waals surface area contributed by atoms with Gasteiger partial charge < -0.3 is 13.8 Å². The third-order valence-corrected chi connectivity index (χ3v) is 20.3. The number of hydrogen-bond donors (Lipinski definition) is 0. The van der Waals surface area contributed by atoms with E-state index in [2.05, 4.69) is 120 Å². The smallest absolute Gasteiger partial charge is 0.250 e. The standard InChI is InChI=1S/C43H55F2NO3Si2/c1-27-21-32(22-28(2)38(27)48-50(11,12)41(5,6)7)43(33-23-29(3)39(30(4)24-33)49-51(13,14)42(8,9)10)35-17-15-16-18-37(35)46(40(43)47)26-31-19-20-34(44)25-36(31)45/h15-25H,26H2,1-14H3. The Morgan fingerprint density at radius 2 is 1.10 bits per heavy atom. The molecule has 1 aliphatic rings. The highest BCUT2D eigenvalue weighted by Gasteiger charge is 2.54. The molecule has 0 aromatic heterocycles. The molecule has 0 saturated heterocycles. The summed E-state index contributed by atoms with van der Waals surface area (Å²) < 4.78 is 42.9. The average Bonchev–Trinajstić information content (AvgIpc) is 3.24. The Morgan fingerprint density at radius 1 is 0.667 bits per heavy atom. The predicted molar refractivity (Wildman–Crippen MR) is 211 cm³/mol. The number of carbonyl (C=O) groups is 1. The van der Waals surface area contributed by atoms with Gasteiger partial charge in [0.1, 0.15) is 28.5 Å². The van der Waals surface area contributed by atoms with Crippen LogP contribution in [0.15, 0.2) is 66.7 Å². The van der Waals surface area contributed by atoms with Crippen molar-refractivity contribution in [2.45, 2.75) is 117 Å². The second-order valence-corrected chi connectivity index (χ2v) is 26.9. The molecule has 0 saturated carbocycles. The van der Waals surface area contributed by atoms with Gasteiger partial charge in [0.05, 0.1) is 6.54 Å². The Bertz CT molecular complexity index is 1880. The van der Waals surface area contributed by atoms with Crippen molar-refractivity contribution in [1.29, 1.82) is 0 Å². The van der Waals surface area contributed by atoms with Crippen LogP contribution in [0.5, 0.6) is 11.5 Å². The van der Waals surface area contributed by atoms with Crippen LogP contribution in [0.25, 0.3) is 0 Å². The molecular weight excluding hydrogens is 673 g/mol. The number of nitrogens with zero attached hydrogens (tertiary/aromatic N) is 1. The molecule has 0 unspecified atom stereocenters. The van der Waals surface area contributed by atoms with Crippen LogP contribution in [0.4, 0.5) is 14.5 Å². The number of fused-ring (bicyclic) bond motifs is 1. The summed E-state index contributed by atoms with van der Waals surface area (Å²) in [7, 11) is -4.35. The van der Waals surface area contributed by atoms with Gasteiger partial charge in [0.2, 0.25) is 5.91 Å². The van der Waals surface area contributed by atoms with E-state index < -0.39 is 33.7 Å². The van der Waals surface area contributed by atoms with E-state index in [4.69, 9.17) is 8.85 Å². The second-order valence-electron chi connectivity index (χ2n) is 17.5. The molecule has 1 heterocycles. The van der Waals surface area contributed by atoms with Gasteiger partial charge in [-0.2, -0.15) is 0 Å². The molecule has 5 rings (SSSR count). The highest BCUT2D eigenvalue weighted by Crippen LogP contribution is 2.53. The van der Waals surface area contributed by atoms with E-state index in [1.54, 1.807) is 4.90 Å². The Balaban J connectivity index is 1.78. The van der Waals surface area contributed by atoms with Crippen LogP contribution in [0, 0.1) is 39.3 Å². The summed E-state index contributed by atoms with van der Waals surface area (Å²) >= 11 is 0. The quantitative estimate of drug-likeness (QED) is 0.170. The molecule has 0 fully saturated rings. The molecule has 0 aliphatic carbocycles. The molecule has 4 aromatic carbocycles. The zero-order valence-electron chi connectivity index (χ0n) is 33.0. The topological polar surface area (TPSA) is 38.8 Å². The molecule has 1 aliphatic heterocycles. The summed E-state index contributed by atoms with van der Waals surface area (Å²) in [5, 5.41) is 0.0110. The van der Waals surface area contributed by atoms with Crippen molar-refractivity contribution in [1.82, 2.24) is 0 Å². The summed E-state index contributed by atoms with van der Waals surface area (Å²) in [6, 6.07) is 19.7. The summed E-state index contributed by atoms with van der Waals surface area (Å²) in [4.78, 5) is 17.1. The number of amides is 1. The first kappa shape index (κ1) is 38.5. The molecule has 0 bridgehead atoms. The van der Waals surface area contributed by atoms with Gasteiger partial charge in [-0.1, -0.05) is 90.1 Å². The van der Waals surface area contributed by atoms with Crippen molar-refractivity contribution in [3.05, 3.63) is 123 Å². The van der Waals surface area contributed by atoms with Gasteiger partial charge in [-0.05, 0) is 109 Å². The first-order valence-electron chi connectivity index (χ1n) is 17.9. The van der Waals surface area contributed by atoms with Crippen LogP contribution in [-0.2, 0) is 16.8 Å². The largest absolute Gasteiger partial charge is 0.543 e. The first-order chi connectivity index (χ1) is 23.4. The molecule has 0 atom stereocenters. The van der Waals surface area contributed by atoms with Gasteiger partial charge in [0.15, 0.2) is 0 Å². The lowest BCUT2D eigenvalue weighted by Crippen LogP contribution is -2.45. The molecule has 272 valence electrons. The molecule has 8 heteroatoms. The fourth-order valence-corrected chi connectivity index (χ4v) is 8.90. The molecular formula is C43H55F2NO3Si2. The van der Waals surface area contributed by atoms with Gasteiger partial charge in [0, 0.05) is 22.9 Å². The third kappa shape index (κ3) is 6.70. The molecule has 0 spiro atoms. The summed E-state index contributed by atoms with van der Waals surface area (Å²) in [5.41, 5.74) is 5.93. The van der Waals surface area contributed by atoms with Crippen molar-refractivity contribution in [2.75, 3.05) is 4.90 Å². The van der Waals surface area contributed by atoms with Crippen molar-refractivity contribution >= 4 is 28.2 Å². The lowest BCUT2D eigenvalue weighted by molar-refractivity contribution is -0.120. The van der Waals surface area contributed by atoms with E-state index in [1.807, 2.05) is 24.3 Å². The van der Waals surface area contributed by atoms with Gasteiger partial charge in [0.25, 0.3) is 16.6 Å². The van der Waals surface area contributed by atoms with Crippen LogP contribution in [-0.4, -0.2) is 22.5 Å². The van der Waals surface area contributed by atoms with E-state index >= 15 is 9.18 Å². The molecule has 4 aromatic rings. The number of hydrogen-bond acceptors (Lipinski definition) is 3. The van der Waals surface area contributed by atoms with Crippen LogP contribution < -0.4 is 13.8 Å². The van der Waals surface area contributed by atoms with Crippen molar-refractivity contribution in [3.63, 3.8) is 0 Å². The van der Waals surface area contributed by atoms with E-state index in [1.165, 1.54) is 12.1 Å². The Hall–Kier alpha value is -3.76. The first-order valence-corrected chi connectivity index (χ1v) is 23.7. The van der Waals surface area contributed by atoms with Crippen LogP contribution >= 0.6 is 0 Å². The lowest BCUT2D eigenvalue weighted by Gasteiger charge is -2.39. The van der Waals surface area contributed by atoms with Crippen LogP contribution in [0.2, 0.25) is 36.3 Å². The van der Waals surface area contributed by atoms with Gasteiger partial charge in [-0.15, -0.1) is 0 Å². The normalized spacial score (nSPS) is 14.9. The van der Waals surface area contributed by atoms with E-state index in [-0.39, 0.29) is 28.1 Å². The number of para-hydroxylation sites is 1. The third-order valence-electron chi connectivity index (χ3n) is 11.6. The monoisotopic (exact) mass is 727 g/mol. The maximum absolute atomic E-state index is 15.5. The summed E-state index contributed by atoms with van der Waals surface area (Å²) in [6.07, 6.45) is 0. The molecule has 0 radical (unpaired) electrons. The van der Waals surface area contributed by atoms with E-state index in [0.29, 0.717) is 5.69 Å². The van der Waals surface area contributed by atoms with E-state index in [0.717, 1.165) is 56.5 Å². The zero-order valence-corrected chi connectivity index (χ0v) is 35.0. The zero-order chi connectivity index (χ0) is 38.1. The molecule has 0 N–H and O–H groups in total. The minimum absolute atomic E-state index is 0.00550. The number of benzene rings is 4. The lowest BCUT2D eigenvalue weighted by atomic mass is 9.69. The summed E-state index contributed by atoms with van der Waals surface area (Å²) in [5.74, 6) is 0.178. The SMILES string of the molecule is Cc1cc(C2(c3cc(C)c(O[Si](C)(C)C(C)(C)C)c(C)c3)C(=O)N(Cc3ccc(F)cc3F)c3ccccc32)cc(C)c1O[Si](C)(C)C(C)(C)C. The Labute approximate surface area is 306 Å². The van der Waals surface area contributed by atoms with Crippen LogP contribution in [0.3, 0.4) is 0 Å². The number of carbonyl (C=O) groups excluding carboxylic acids is 1. The predicted octanol–water partition coefficient (Wildman–Crippen LogP) is 11.8. The fourth-order valence-electron chi connectivity index (χ4n) is 6.63. The van der Waals surface area contributed by atoms with Gasteiger partial charge in [-0.25, -0.2) is 8.78 Å². The fraction of sp³-hybridized carbons (Fsp3) is 0.419. The van der Waals surface area contributed by atoms with Crippen LogP contribution in [0.1, 0.15) is 86.1 Å². The molecule has 4 nitrogen and oxygen atoms in total. The minimum atomic E-state index is -2.18. The van der Waals surface area contributed by atoms with E-state index in [9.17, 15) is 4.39 Å². The maximum Gasteiger partial charge on any atom is 0.250 e. The number of aryl methyl sites for hydroxylation is 4.